The maximum atomic E-state index is 4.71. The van der Waals surface area contributed by atoms with Gasteiger partial charge in [0, 0.05) is 12.9 Å². The summed E-state index contributed by atoms with van der Waals surface area (Å²) < 4.78 is 4.71. The Balaban J connectivity index is 2.34. The molecule has 0 heterocycles. The molecule has 6 heavy (non-hydrogen) atoms. The topological polar surface area (TPSA) is 9.23 Å². The molecule has 0 saturated heterocycles. The average Bonchev–Trinajstić information content (AvgIpc) is 1.61. The van der Waals surface area contributed by atoms with E-state index in [1.807, 2.05) is 12.0 Å². The van der Waals surface area contributed by atoms with Crippen LogP contribution in [-0.2, 0) is 4.74 Å². The minimum absolute atomic E-state index is 0.751. The molecule has 0 fully saturated rings. The lowest BCUT2D eigenvalue weighted by Gasteiger charge is -1.88. The van der Waals surface area contributed by atoms with Gasteiger partial charge >= 0.3 is 0 Å². The predicted octanol–water partition coefficient (Wildman–Crippen LogP) is 1.16. The Morgan fingerprint density at radius 3 is 2.67 bits per heavy atom. The minimum atomic E-state index is 0.751. The molecule has 1 radical (unpaired) electrons. The van der Waals surface area contributed by atoms with E-state index in [0.717, 1.165) is 6.61 Å². The van der Waals surface area contributed by atoms with Crippen LogP contribution < -0.4 is 0 Å². The molecule has 0 rings (SSSR count). The summed E-state index contributed by atoms with van der Waals surface area (Å²) in [5, 5.41) is 0. The minimum Gasteiger partial charge on any atom is -0.383 e. The Kier molecular flexibility index (Phi) is 5.58. The van der Waals surface area contributed by atoms with E-state index in [-0.39, 0.29) is 0 Å². The number of hydrogen-bond acceptors (Lipinski definition) is 2. The van der Waals surface area contributed by atoms with E-state index in [1.165, 1.54) is 0 Å². The van der Waals surface area contributed by atoms with Gasteiger partial charge < -0.3 is 4.74 Å². The van der Waals surface area contributed by atoms with E-state index in [2.05, 4.69) is 0 Å². The zero-order chi connectivity index (χ0) is 4.83. The molecule has 2 heteroatoms. The molecular weight excluding hydrogens is 96.1 g/mol. The lowest BCUT2D eigenvalue weighted by Crippen LogP contribution is -1.82. The highest BCUT2D eigenvalue weighted by Crippen LogP contribution is 1.95. The van der Waals surface area contributed by atoms with Crippen molar-refractivity contribution in [3.05, 3.63) is 5.75 Å². The molecular formula is C4H9OS. The van der Waals surface area contributed by atoms with Gasteiger partial charge in [0.2, 0.25) is 0 Å². The van der Waals surface area contributed by atoms with Crippen LogP contribution in [0, 0.1) is 5.75 Å². The second-order valence-corrected chi connectivity index (χ2v) is 1.66. The molecule has 37 valence electrons. The van der Waals surface area contributed by atoms with Gasteiger partial charge in [-0.05, 0) is 6.26 Å². The van der Waals surface area contributed by atoms with Crippen LogP contribution in [0.15, 0.2) is 0 Å². The van der Waals surface area contributed by atoms with Crippen molar-refractivity contribution in [1.29, 1.82) is 0 Å². The van der Waals surface area contributed by atoms with Crippen molar-refractivity contribution in [1.82, 2.24) is 0 Å². The van der Waals surface area contributed by atoms with Gasteiger partial charge in [0.1, 0.15) is 0 Å². The van der Waals surface area contributed by atoms with Gasteiger partial charge in [-0.3, -0.25) is 0 Å². The van der Waals surface area contributed by atoms with Gasteiger partial charge in [-0.15, -0.1) is 0 Å². The first-order valence-electron chi connectivity index (χ1n) is 1.75. The van der Waals surface area contributed by atoms with Crippen LogP contribution in [0.2, 0.25) is 0 Å². The standard InChI is InChI=1S/C4H9OS/c1-5-3-4-6-2/h4H,3H2,1-2H3. The summed E-state index contributed by atoms with van der Waals surface area (Å²) >= 11 is 1.68. The summed E-state index contributed by atoms with van der Waals surface area (Å²) in [4.78, 5) is 0. The lowest BCUT2D eigenvalue weighted by atomic mass is 10.9. The summed E-state index contributed by atoms with van der Waals surface area (Å²) in [5.41, 5.74) is 0. The summed E-state index contributed by atoms with van der Waals surface area (Å²) in [6.07, 6.45) is 2.01. The van der Waals surface area contributed by atoms with Gasteiger partial charge in [0.25, 0.3) is 0 Å². The molecule has 0 aromatic heterocycles. The molecule has 0 aliphatic carbocycles. The van der Waals surface area contributed by atoms with E-state index in [1.54, 1.807) is 18.9 Å². The van der Waals surface area contributed by atoms with Crippen LogP contribution in [0.4, 0.5) is 0 Å². The molecule has 0 atom stereocenters. The summed E-state index contributed by atoms with van der Waals surface area (Å²) in [5.74, 6) is 2.00. The van der Waals surface area contributed by atoms with Crippen LogP contribution in [-0.4, -0.2) is 20.0 Å². The number of methoxy groups -OCH3 is 1. The monoisotopic (exact) mass is 105 g/mol. The van der Waals surface area contributed by atoms with Crippen LogP contribution in [0.3, 0.4) is 0 Å². The highest BCUT2D eigenvalue weighted by Gasteiger charge is 1.75. The Bertz CT molecular complexity index is 19.5. The van der Waals surface area contributed by atoms with E-state index >= 15 is 0 Å². The normalized spacial score (nSPS) is 9.00. The largest absolute Gasteiger partial charge is 0.383 e. The van der Waals surface area contributed by atoms with E-state index in [4.69, 9.17) is 4.74 Å². The third kappa shape index (κ3) is 4.31. The Morgan fingerprint density at radius 2 is 2.50 bits per heavy atom. The van der Waals surface area contributed by atoms with Crippen LogP contribution in [0.5, 0.6) is 0 Å². The zero-order valence-electron chi connectivity index (χ0n) is 4.10. The van der Waals surface area contributed by atoms with Crippen molar-refractivity contribution >= 4 is 11.8 Å². The fourth-order valence-corrected chi connectivity index (χ4v) is 0.408. The van der Waals surface area contributed by atoms with Crippen molar-refractivity contribution in [3.63, 3.8) is 0 Å². The lowest BCUT2D eigenvalue weighted by molar-refractivity contribution is 0.230. The molecule has 0 aliphatic rings. The highest BCUT2D eigenvalue weighted by atomic mass is 32.2. The number of hydrogen-bond donors (Lipinski definition) is 0. The predicted molar refractivity (Wildman–Crippen MR) is 29.7 cm³/mol. The SMILES string of the molecule is COC[CH]SC. The van der Waals surface area contributed by atoms with Gasteiger partial charge in [-0.25, -0.2) is 0 Å². The molecule has 0 bridgehead atoms. The quantitative estimate of drug-likeness (QED) is 0.498. The first-order chi connectivity index (χ1) is 2.91. The second-order valence-electron chi connectivity index (χ2n) is 0.858. The molecule has 0 N–H and O–H groups in total. The molecule has 1 nitrogen and oxygen atoms in total. The van der Waals surface area contributed by atoms with Crippen LogP contribution in [0.25, 0.3) is 0 Å². The van der Waals surface area contributed by atoms with Crippen molar-refractivity contribution in [2.75, 3.05) is 20.0 Å². The van der Waals surface area contributed by atoms with Gasteiger partial charge in [-0.1, -0.05) is 0 Å². The first-order valence-corrected chi connectivity index (χ1v) is 3.04. The number of ether oxygens (including phenoxy) is 1. The van der Waals surface area contributed by atoms with E-state index in [9.17, 15) is 0 Å². The summed E-state index contributed by atoms with van der Waals surface area (Å²) in [7, 11) is 1.69. The summed E-state index contributed by atoms with van der Waals surface area (Å²) in [6.45, 7) is 0.751. The maximum Gasteiger partial charge on any atom is 0.0592 e. The van der Waals surface area contributed by atoms with Crippen molar-refractivity contribution < 1.29 is 4.74 Å². The molecule has 0 aromatic rings. The molecule has 0 spiro atoms. The fourth-order valence-electron chi connectivity index (χ4n) is 0.136. The first kappa shape index (κ1) is 6.31. The van der Waals surface area contributed by atoms with Crippen molar-refractivity contribution in [3.8, 4) is 0 Å². The highest BCUT2D eigenvalue weighted by molar-refractivity contribution is 8.00. The smallest absolute Gasteiger partial charge is 0.0592 e. The maximum absolute atomic E-state index is 4.71. The van der Waals surface area contributed by atoms with Crippen LogP contribution >= 0.6 is 11.8 Å². The van der Waals surface area contributed by atoms with Crippen molar-refractivity contribution in [2.24, 2.45) is 0 Å². The number of thioether (sulfide) groups is 1. The number of rotatable bonds is 3. The molecule has 0 saturated carbocycles. The van der Waals surface area contributed by atoms with Crippen molar-refractivity contribution in [2.45, 2.75) is 0 Å². The zero-order valence-corrected chi connectivity index (χ0v) is 4.92. The van der Waals surface area contributed by atoms with Gasteiger partial charge in [0.05, 0.1) is 6.61 Å². The van der Waals surface area contributed by atoms with E-state index < -0.39 is 0 Å². The third-order valence-corrected chi connectivity index (χ3v) is 0.871. The molecule has 0 aliphatic heterocycles. The third-order valence-electron chi connectivity index (χ3n) is 0.401. The van der Waals surface area contributed by atoms with Crippen LogP contribution in [0.1, 0.15) is 0 Å². The van der Waals surface area contributed by atoms with Gasteiger partial charge in [-0.2, -0.15) is 11.8 Å². The summed E-state index contributed by atoms with van der Waals surface area (Å²) in [6, 6.07) is 0. The fraction of sp³-hybridized carbons (Fsp3) is 0.750. The Hall–Kier alpha value is 0.310. The Labute approximate surface area is 43.1 Å². The van der Waals surface area contributed by atoms with E-state index in [0.29, 0.717) is 0 Å². The average molecular weight is 105 g/mol. The van der Waals surface area contributed by atoms with Gasteiger partial charge in [0.15, 0.2) is 0 Å². The molecule has 0 unspecified atom stereocenters. The Morgan fingerprint density at radius 1 is 1.83 bits per heavy atom. The molecule has 0 amide bonds. The molecule has 0 aromatic carbocycles. The second kappa shape index (κ2) is 5.31.